The van der Waals surface area contributed by atoms with Crippen LogP contribution >= 0.6 is 0 Å². The van der Waals surface area contributed by atoms with Gasteiger partial charge in [0.2, 0.25) is 10.0 Å². The zero-order chi connectivity index (χ0) is 12.4. The summed E-state index contributed by atoms with van der Waals surface area (Å²) in [5.74, 6) is -1.88. The molecule has 16 heavy (non-hydrogen) atoms. The molecule has 0 aliphatic heterocycles. The van der Waals surface area contributed by atoms with Crippen LogP contribution in [0, 0.1) is 6.92 Å². The van der Waals surface area contributed by atoms with Crippen LogP contribution in [0.4, 0.5) is 18.9 Å². The molecule has 0 radical (unpaired) electrons. The summed E-state index contributed by atoms with van der Waals surface area (Å²) in [5.41, 5.74) is 1.01. The van der Waals surface area contributed by atoms with Crippen LogP contribution in [0.15, 0.2) is 24.3 Å². The third-order valence-corrected chi connectivity index (χ3v) is 2.93. The number of nitrogens with one attached hydrogen (secondary N) is 1. The zero-order valence-corrected chi connectivity index (χ0v) is 9.19. The number of hydrogen-bond donors (Lipinski definition) is 1. The van der Waals surface area contributed by atoms with E-state index in [-0.39, 0.29) is 5.69 Å². The molecule has 0 unspecified atom stereocenters. The zero-order valence-electron chi connectivity index (χ0n) is 8.38. The first-order valence-corrected chi connectivity index (χ1v) is 5.97. The van der Waals surface area contributed by atoms with E-state index in [1.165, 1.54) is 12.1 Å². The molecular weight excluding hydrogens is 243 g/mol. The fourth-order valence-corrected chi connectivity index (χ4v) is 2.05. The number of rotatable bonds is 3. The predicted molar refractivity (Wildman–Crippen MR) is 54.6 cm³/mol. The summed E-state index contributed by atoms with van der Waals surface area (Å²) in [6.07, 6.45) is -4.74. The summed E-state index contributed by atoms with van der Waals surface area (Å²) >= 11 is 0. The average Bonchev–Trinajstić information content (AvgIpc) is 2.04. The van der Waals surface area contributed by atoms with Crippen LogP contribution in [-0.2, 0) is 10.0 Å². The molecule has 0 saturated heterocycles. The summed E-state index contributed by atoms with van der Waals surface area (Å²) in [6.45, 7) is 1.79. The molecule has 0 aliphatic carbocycles. The van der Waals surface area contributed by atoms with Crippen molar-refractivity contribution in [3.8, 4) is 0 Å². The maximum atomic E-state index is 11.9. The second kappa shape index (κ2) is 4.32. The van der Waals surface area contributed by atoms with Gasteiger partial charge in [0.05, 0.1) is 0 Å². The Morgan fingerprint density at radius 2 is 1.69 bits per heavy atom. The van der Waals surface area contributed by atoms with Gasteiger partial charge < -0.3 is 0 Å². The number of alkyl halides is 3. The summed E-state index contributed by atoms with van der Waals surface area (Å²) in [7, 11) is -4.38. The lowest BCUT2D eigenvalue weighted by Gasteiger charge is -2.10. The van der Waals surface area contributed by atoms with Crippen molar-refractivity contribution in [1.29, 1.82) is 0 Å². The summed E-state index contributed by atoms with van der Waals surface area (Å²) in [6, 6.07) is 6.02. The second-order valence-corrected chi connectivity index (χ2v) is 5.06. The van der Waals surface area contributed by atoms with Gasteiger partial charge in [0.1, 0.15) is 0 Å². The largest absolute Gasteiger partial charge is 0.404 e. The molecule has 0 saturated carbocycles. The van der Waals surface area contributed by atoms with E-state index < -0.39 is 22.0 Å². The Hall–Kier alpha value is -1.24. The third kappa shape index (κ3) is 4.52. The Morgan fingerprint density at radius 1 is 1.19 bits per heavy atom. The Balaban J connectivity index is 2.77. The SMILES string of the molecule is Cc1ccc(NS(=O)(=O)CC(F)(F)F)cc1. The van der Waals surface area contributed by atoms with Crippen molar-refractivity contribution >= 4 is 15.7 Å². The molecule has 1 aromatic rings. The molecular formula is C9H10F3NO2S. The molecule has 0 spiro atoms. The minimum atomic E-state index is -4.74. The summed E-state index contributed by atoms with van der Waals surface area (Å²) in [5, 5.41) is 0. The Kier molecular flexibility index (Phi) is 3.47. The number of hydrogen-bond acceptors (Lipinski definition) is 2. The highest BCUT2D eigenvalue weighted by Crippen LogP contribution is 2.19. The van der Waals surface area contributed by atoms with Crippen molar-refractivity contribution in [1.82, 2.24) is 0 Å². The van der Waals surface area contributed by atoms with Crippen LogP contribution in [0.2, 0.25) is 0 Å². The lowest BCUT2D eigenvalue weighted by molar-refractivity contribution is -0.106. The lowest BCUT2D eigenvalue weighted by Crippen LogP contribution is -2.27. The van der Waals surface area contributed by atoms with Gasteiger partial charge in [-0.05, 0) is 19.1 Å². The van der Waals surface area contributed by atoms with Crippen LogP contribution in [0.5, 0.6) is 0 Å². The van der Waals surface area contributed by atoms with Crippen molar-refractivity contribution in [2.45, 2.75) is 13.1 Å². The molecule has 1 N–H and O–H groups in total. The Labute approximate surface area is 91.3 Å². The smallest absolute Gasteiger partial charge is 0.283 e. The number of anilines is 1. The maximum Gasteiger partial charge on any atom is 0.404 e. The van der Waals surface area contributed by atoms with Gasteiger partial charge in [-0.15, -0.1) is 0 Å². The highest BCUT2D eigenvalue weighted by atomic mass is 32.2. The van der Waals surface area contributed by atoms with Gasteiger partial charge in [-0.3, -0.25) is 4.72 Å². The molecule has 90 valence electrons. The van der Waals surface area contributed by atoms with Gasteiger partial charge in [-0.1, -0.05) is 17.7 Å². The number of halogens is 3. The molecule has 0 atom stereocenters. The van der Waals surface area contributed by atoms with Gasteiger partial charge in [0.25, 0.3) is 0 Å². The van der Waals surface area contributed by atoms with Crippen molar-refractivity contribution in [2.24, 2.45) is 0 Å². The molecule has 0 fully saturated rings. The fraction of sp³-hybridized carbons (Fsp3) is 0.333. The molecule has 0 bridgehead atoms. The fourth-order valence-electron chi connectivity index (χ4n) is 1.05. The van der Waals surface area contributed by atoms with E-state index in [0.717, 1.165) is 5.56 Å². The van der Waals surface area contributed by atoms with E-state index >= 15 is 0 Å². The first-order valence-electron chi connectivity index (χ1n) is 4.32. The highest BCUT2D eigenvalue weighted by molar-refractivity contribution is 7.92. The first kappa shape index (κ1) is 12.8. The molecule has 1 aromatic carbocycles. The van der Waals surface area contributed by atoms with E-state index in [1.54, 1.807) is 19.1 Å². The van der Waals surface area contributed by atoms with E-state index in [9.17, 15) is 21.6 Å². The molecule has 0 aliphatic rings. The maximum absolute atomic E-state index is 11.9. The van der Waals surface area contributed by atoms with E-state index in [0.29, 0.717) is 0 Å². The number of benzene rings is 1. The monoisotopic (exact) mass is 253 g/mol. The van der Waals surface area contributed by atoms with Crippen molar-refractivity contribution in [2.75, 3.05) is 10.5 Å². The molecule has 7 heteroatoms. The van der Waals surface area contributed by atoms with Crippen LogP contribution in [0.1, 0.15) is 5.56 Å². The topological polar surface area (TPSA) is 46.2 Å². The Bertz CT molecular complexity index is 451. The third-order valence-electron chi connectivity index (χ3n) is 1.68. The van der Waals surface area contributed by atoms with Gasteiger partial charge in [0.15, 0.2) is 5.75 Å². The molecule has 1 rings (SSSR count). The number of aryl methyl sites for hydroxylation is 1. The van der Waals surface area contributed by atoms with Crippen LogP contribution in [-0.4, -0.2) is 20.3 Å². The quantitative estimate of drug-likeness (QED) is 0.898. The van der Waals surface area contributed by atoms with Crippen molar-refractivity contribution < 1.29 is 21.6 Å². The van der Waals surface area contributed by atoms with E-state index in [2.05, 4.69) is 0 Å². The van der Waals surface area contributed by atoms with Crippen LogP contribution in [0.3, 0.4) is 0 Å². The van der Waals surface area contributed by atoms with Gasteiger partial charge in [0, 0.05) is 5.69 Å². The minimum absolute atomic E-state index is 0.120. The van der Waals surface area contributed by atoms with E-state index in [1.807, 2.05) is 4.72 Å². The normalized spacial score (nSPS) is 12.5. The number of sulfonamides is 1. The highest BCUT2D eigenvalue weighted by Gasteiger charge is 2.35. The summed E-state index contributed by atoms with van der Waals surface area (Å²) in [4.78, 5) is 0. The van der Waals surface area contributed by atoms with E-state index in [4.69, 9.17) is 0 Å². The molecule has 0 aromatic heterocycles. The van der Waals surface area contributed by atoms with Gasteiger partial charge in [-0.25, -0.2) is 8.42 Å². The van der Waals surface area contributed by atoms with Gasteiger partial charge in [-0.2, -0.15) is 13.2 Å². The lowest BCUT2D eigenvalue weighted by atomic mass is 10.2. The first-order chi connectivity index (χ1) is 7.18. The average molecular weight is 253 g/mol. The minimum Gasteiger partial charge on any atom is -0.283 e. The predicted octanol–water partition coefficient (Wildman–Crippen LogP) is 2.30. The molecule has 0 heterocycles. The van der Waals surface area contributed by atoms with Crippen molar-refractivity contribution in [3.63, 3.8) is 0 Å². The standard InChI is InChI=1S/C9H10F3NO2S/c1-7-2-4-8(5-3-7)13-16(14,15)6-9(10,11)12/h2-5,13H,6H2,1H3. The van der Waals surface area contributed by atoms with Crippen LogP contribution < -0.4 is 4.72 Å². The summed E-state index contributed by atoms with van der Waals surface area (Å²) < 4.78 is 59.7. The van der Waals surface area contributed by atoms with Crippen LogP contribution in [0.25, 0.3) is 0 Å². The second-order valence-electron chi connectivity index (χ2n) is 3.34. The van der Waals surface area contributed by atoms with Crippen molar-refractivity contribution in [3.05, 3.63) is 29.8 Å². The molecule has 0 amide bonds. The van der Waals surface area contributed by atoms with Gasteiger partial charge >= 0.3 is 6.18 Å². The molecule has 3 nitrogen and oxygen atoms in total. The Morgan fingerprint density at radius 3 is 2.12 bits per heavy atom.